The first-order chi connectivity index (χ1) is 9.86. The quantitative estimate of drug-likeness (QED) is 0.679. The van der Waals surface area contributed by atoms with Gasteiger partial charge in [-0.2, -0.15) is 18.3 Å². The molecule has 2 rings (SSSR count). The zero-order valence-corrected chi connectivity index (χ0v) is 11.4. The molecule has 0 aliphatic rings. The molecule has 3 nitrogen and oxygen atoms in total. The van der Waals surface area contributed by atoms with Crippen molar-refractivity contribution < 1.29 is 17.6 Å². The fourth-order valence-electron chi connectivity index (χ4n) is 1.92. The number of alkyl halides is 3. The summed E-state index contributed by atoms with van der Waals surface area (Å²) in [4.78, 5) is 0. The monoisotopic (exact) mass is 301 g/mol. The molecule has 1 heterocycles. The Morgan fingerprint density at radius 2 is 2.05 bits per heavy atom. The summed E-state index contributed by atoms with van der Waals surface area (Å²) in [5, 5.41) is 7.10. The molecule has 7 heteroatoms. The van der Waals surface area contributed by atoms with Gasteiger partial charge in [0.25, 0.3) is 0 Å². The van der Waals surface area contributed by atoms with Crippen molar-refractivity contribution in [1.82, 2.24) is 15.1 Å². The number of nitrogens with one attached hydrogen (secondary N) is 1. The van der Waals surface area contributed by atoms with Crippen LogP contribution in [0.25, 0.3) is 0 Å². The maximum Gasteiger partial charge on any atom is 0.419 e. The smallest absolute Gasteiger partial charge is 0.311 e. The van der Waals surface area contributed by atoms with Gasteiger partial charge in [0.15, 0.2) is 0 Å². The number of hydrogen-bond donors (Lipinski definition) is 1. The molecule has 114 valence electrons. The molecule has 0 unspecified atom stereocenters. The molecule has 0 aliphatic heterocycles. The molecule has 1 aromatic carbocycles. The molecule has 0 spiro atoms. The molecule has 0 fully saturated rings. The minimum absolute atomic E-state index is 0.240. The molecule has 0 radical (unpaired) electrons. The Labute approximate surface area is 119 Å². The first-order valence-corrected chi connectivity index (χ1v) is 6.41. The summed E-state index contributed by atoms with van der Waals surface area (Å²) in [6.07, 6.45) is -1.07. The number of hydrogen-bond acceptors (Lipinski definition) is 2. The van der Waals surface area contributed by atoms with Gasteiger partial charge in [-0.05, 0) is 30.2 Å². The minimum Gasteiger partial charge on any atom is -0.311 e. The van der Waals surface area contributed by atoms with Gasteiger partial charge in [0.2, 0.25) is 0 Å². The number of rotatable bonds is 5. The SMILES string of the molecule is Cc1cnn(CCNCc2ccc(F)c(C(F)(F)F)c2)c1. The Morgan fingerprint density at radius 1 is 1.29 bits per heavy atom. The molecule has 0 saturated heterocycles. The molecule has 0 atom stereocenters. The predicted octanol–water partition coefficient (Wildman–Crippen LogP) is 3.14. The van der Waals surface area contributed by atoms with E-state index in [0.29, 0.717) is 18.7 Å². The third-order valence-corrected chi connectivity index (χ3v) is 2.95. The van der Waals surface area contributed by atoms with Gasteiger partial charge in [0.1, 0.15) is 5.82 Å². The Morgan fingerprint density at radius 3 is 2.67 bits per heavy atom. The average molecular weight is 301 g/mol. The molecule has 1 N–H and O–H groups in total. The van der Waals surface area contributed by atoms with Crippen LogP contribution in [-0.4, -0.2) is 16.3 Å². The third-order valence-electron chi connectivity index (χ3n) is 2.95. The van der Waals surface area contributed by atoms with E-state index in [0.717, 1.165) is 17.7 Å². The van der Waals surface area contributed by atoms with Gasteiger partial charge < -0.3 is 5.32 Å². The molecule has 2 aromatic rings. The van der Waals surface area contributed by atoms with E-state index in [2.05, 4.69) is 10.4 Å². The highest BCUT2D eigenvalue weighted by molar-refractivity contribution is 5.27. The van der Waals surface area contributed by atoms with Gasteiger partial charge >= 0.3 is 6.18 Å². The molecule has 0 bridgehead atoms. The highest BCUT2D eigenvalue weighted by Crippen LogP contribution is 2.31. The zero-order valence-electron chi connectivity index (χ0n) is 11.4. The second kappa shape index (κ2) is 6.26. The molecule has 1 aromatic heterocycles. The molecule has 21 heavy (non-hydrogen) atoms. The third kappa shape index (κ3) is 4.29. The highest BCUT2D eigenvalue weighted by atomic mass is 19.4. The Balaban J connectivity index is 1.89. The van der Waals surface area contributed by atoms with E-state index in [1.165, 1.54) is 6.07 Å². The van der Waals surface area contributed by atoms with Crippen LogP contribution < -0.4 is 5.32 Å². The maximum atomic E-state index is 13.1. The normalized spacial score (nSPS) is 11.9. The molecular weight excluding hydrogens is 286 g/mol. The summed E-state index contributed by atoms with van der Waals surface area (Å²) in [7, 11) is 0. The average Bonchev–Trinajstić information content (AvgIpc) is 2.81. The van der Waals surface area contributed by atoms with Crippen molar-refractivity contribution >= 4 is 0 Å². The van der Waals surface area contributed by atoms with E-state index in [1.54, 1.807) is 10.9 Å². The van der Waals surface area contributed by atoms with Crippen LogP contribution in [0, 0.1) is 12.7 Å². The van der Waals surface area contributed by atoms with Gasteiger partial charge in [-0.3, -0.25) is 4.68 Å². The molecule has 0 aliphatic carbocycles. The van der Waals surface area contributed by atoms with Crippen LogP contribution in [0.1, 0.15) is 16.7 Å². The first-order valence-electron chi connectivity index (χ1n) is 6.41. The lowest BCUT2D eigenvalue weighted by Crippen LogP contribution is -2.20. The van der Waals surface area contributed by atoms with Crippen LogP contribution in [0.3, 0.4) is 0 Å². The van der Waals surface area contributed by atoms with Crippen LogP contribution in [0.5, 0.6) is 0 Å². The Hall–Kier alpha value is -1.89. The maximum absolute atomic E-state index is 13.1. The van der Waals surface area contributed by atoms with Gasteiger partial charge in [0, 0.05) is 19.3 Å². The van der Waals surface area contributed by atoms with Crippen LogP contribution in [-0.2, 0) is 19.3 Å². The van der Waals surface area contributed by atoms with Crippen molar-refractivity contribution in [2.75, 3.05) is 6.54 Å². The number of aromatic nitrogens is 2. The highest BCUT2D eigenvalue weighted by Gasteiger charge is 2.34. The summed E-state index contributed by atoms with van der Waals surface area (Å²) in [6.45, 7) is 3.33. The summed E-state index contributed by atoms with van der Waals surface area (Å²) in [6, 6.07) is 3.02. The van der Waals surface area contributed by atoms with Crippen molar-refractivity contribution in [2.45, 2.75) is 26.2 Å². The van der Waals surface area contributed by atoms with Crippen LogP contribution in [0.15, 0.2) is 30.6 Å². The largest absolute Gasteiger partial charge is 0.419 e. The lowest BCUT2D eigenvalue weighted by molar-refractivity contribution is -0.140. The fraction of sp³-hybridized carbons (Fsp3) is 0.357. The van der Waals surface area contributed by atoms with Crippen LogP contribution in [0.4, 0.5) is 17.6 Å². The Bertz CT molecular complexity index is 605. The molecular formula is C14H15F4N3. The standard InChI is InChI=1S/C14H15F4N3/c1-10-7-20-21(9-10)5-4-19-8-11-2-3-13(15)12(6-11)14(16,17)18/h2-3,6-7,9,19H,4-5,8H2,1H3. The van der Waals surface area contributed by atoms with E-state index >= 15 is 0 Å². The van der Waals surface area contributed by atoms with E-state index in [1.807, 2.05) is 13.1 Å². The number of halogens is 4. The summed E-state index contributed by atoms with van der Waals surface area (Å²) < 4.78 is 52.6. The van der Waals surface area contributed by atoms with Gasteiger partial charge in [0.05, 0.1) is 18.3 Å². The van der Waals surface area contributed by atoms with Crippen LogP contribution >= 0.6 is 0 Å². The van der Waals surface area contributed by atoms with Crippen LogP contribution in [0.2, 0.25) is 0 Å². The first kappa shape index (κ1) is 15.5. The lowest BCUT2D eigenvalue weighted by atomic mass is 10.1. The van der Waals surface area contributed by atoms with Crippen molar-refractivity contribution in [3.05, 3.63) is 53.1 Å². The van der Waals surface area contributed by atoms with Gasteiger partial charge in [-0.25, -0.2) is 4.39 Å². The molecule has 0 amide bonds. The lowest BCUT2D eigenvalue weighted by Gasteiger charge is -2.11. The zero-order chi connectivity index (χ0) is 15.5. The second-order valence-corrected chi connectivity index (χ2v) is 4.77. The summed E-state index contributed by atoms with van der Waals surface area (Å²) in [5.41, 5.74) is 0.202. The van der Waals surface area contributed by atoms with Gasteiger partial charge in [-0.1, -0.05) is 6.07 Å². The minimum atomic E-state index is -4.67. The number of aryl methyl sites for hydroxylation is 1. The van der Waals surface area contributed by atoms with Gasteiger partial charge in [-0.15, -0.1) is 0 Å². The van der Waals surface area contributed by atoms with Crippen molar-refractivity contribution in [1.29, 1.82) is 0 Å². The Kier molecular flexibility index (Phi) is 4.62. The summed E-state index contributed by atoms with van der Waals surface area (Å²) in [5.74, 6) is -1.25. The van der Waals surface area contributed by atoms with Crippen molar-refractivity contribution in [3.8, 4) is 0 Å². The van der Waals surface area contributed by atoms with Crippen molar-refractivity contribution in [3.63, 3.8) is 0 Å². The summed E-state index contributed by atoms with van der Waals surface area (Å²) >= 11 is 0. The van der Waals surface area contributed by atoms with E-state index in [-0.39, 0.29) is 6.54 Å². The number of nitrogens with zero attached hydrogens (tertiary/aromatic N) is 2. The second-order valence-electron chi connectivity index (χ2n) is 4.77. The predicted molar refractivity (Wildman–Crippen MR) is 70.1 cm³/mol. The van der Waals surface area contributed by atoms with Crippen molar-refractivity contribution in [2.24, 2.45) is 0 Å². The topological polar surface area (TPSA) is 29.9 Å². The number of benzene rings is 1. The van der Waals surface area contributed by atoms with E-state index in [4.69, 9.17) is 0 Å². The van der Waals surface area contributed by atoms with E-state index in [9.17, 15) is 17.6 Å². The van der Waals surface area contributed by atoms with E-state index < -0.39 is 17.6 Å². The molecule has 0 saturated carbocycles. The fourth-order valence-corrected chi connectivity index (χ4v) is 1.92.